The maximum atomic E-state index is 12.1. The van der Waals surface area contributed by atoms with Gasteiger partial charge in [-0.15, -0.1) is 11.3 Å². The number of aromatic nitrogens is 1. The van der Waals surface area contributed by atoms with Crippen molar-refractivity contribution in [2.45, 2.75) is 33.6 Å². The third-order valence-electron chi connectivity index (χ3n) is 4.46. The first-order valence-electron chi connectivity index (χ1n) is 9.04. The molecule has 0 bridgehead atoms. The number of anilines is 1. The highest BCUT2D eigenvalue weighted by molar-refractivity contribution is 7.14. The summed E-state index contributed by atoms with van der Waals surface area (Å²) in [4.78, 5) is 16.6. The molecule has 0 radical (unpaired) electrons. The third kappa shape index (κ3) is 5.17. The number of carbonyl (C=O) groups is 1. The Bertz CT molecular complexity index is 916. The summed E-state index contributed by atoms with van der Waals surface area (Å²) in [5, 5.41) is 5.47. The van der Waals surface area contributed by atoms with E-state index in [0.717, 1.165) is 22.6 Å². The Hall–Kier alpha value is -2.66. The first kappa shape index (κ1) is 19.1. The number of aryl methyl sites for hydroxylation is 2. The molecule has 2 aromatic carbocycles. The fourth-order valence-corrected chi connectivity index (χ4v) is 3.40. The van der Waals surface area contributed by atoms with Crippen molar-refractivity contribution in [1.29, 1.82) is 0 Å². The monoisotopic (exact) mass is 380 g/mol. The topological polar surface area (TPSA) is 51.2 Å². The van der Waals surface area contributed by atoms with E-state index in [-0.39, 0.29) is 5.91 Å². The van der Waals surface area contributed by atoms with E-state index in [2.05, 4.69) is 42.3 Å². The van der Waals surface area contributed by atoms with Crippen LogP contribution in [0.15, 0.2) is 47.8 Å². The number of carbonyl (C=O) groups excluding carboxylic acids is 1. The van der Waals surface area contributed by atoms with E-state index in [4.69, 9.17) is 4.74 Å². The lowest BCUT2D eigenvalue weighted by molar-refractivity contribution is -0.116. The molecule has 1 aromatic heterocycles. The summed E-state index contributed by atoms with van der Waals surface area (Å²) < 4.78 is 5.80. The maximum absolute atomic E-state index is 12.1. The van der Waals surface area contributed by atoms with Crippen LogP contribution >= 0.6 is 11.3 Å². The molecular formula is C22H24N2O2S. The lowest BCUT2D eigenvalue weighted by Gasteiger charge is -2.10. The predicted octanol–water partition coefficient (Wildman–Crippen LogP) is 5.53. The van der Waals surface area contributed by atoms with Gasteiger partial charge in [-0.25, -0.2) is 4.98 Å². The van der Waals surface area contributed by atoms with Gasteiger partial charge in [0, 0.05) is 17.4 Å². The molecule has 1 amide bonds. The van der Waals surface area contributed by atoms with Gasteiger partial charge in [0.25, 0.3) is 0 Å². The highest BCUT2D eigenvalue weighted by Crippen LogP contribution is 2.25. The van der Waals surface area contributed by atoms with Gasteiger partial charge in [0.15, 0.2) is 5.13 Å². The van der Waals surface area contributed by atoms with Crippen LogP contribution in [0.2, 0.25) is 0 Å². The zero-order chi connectivity index (χ0) is 19.2. The minimum Gasteiger partial charge on any atom is -0.493 e. The van der Waals surface area contributed by atoms with E-state index in [0.29, 0.717) is 24.6 Å². The minimum absolute atomic E-state index is 0.0376. The highest BCUT2D eigenvalue weighted by atomic mass is 32.1. The average molecular weight is 381 g/mol. The van der Waals surface area contributed by atoms with Gasteiger partial charge in [-0.2, -0.15) is 0 Å². The number of hydrogen-bond donors (Lipinski definition) is 1. The van der Waals surface area contributed by atoms with E-state index in [1.807, 2.05) is 36.6 Å². The van der Waals surface area contributed by atoms with Crippen LogP contribution in [-0.2, 0) is 4.79 Å². The van der Waals surface area contributed by atoms with E-state index in [9.17, 15) is 4.79 Å². The highest BCUT2D eigenvalue weighted by Gasteiger charge is 2.08. The van der Waals surface area contributed by atoms with Crippen LogP contribution < -0.4 is 10.1 Å². The number of nitrogens with one attached hydrogen (secondary N) is 1. The third-order valence-corrected chi connectivity index (χ3v) is 5.22. The molecular weight excluding hydrogens is 356 g/mol. The number of hydrogen-bond acceptors (Lipinski definition) is 4. The zero-order valence-electron chi connectivity index (χ0n) is 15.9. The molecule has 5 heteroatoms. The number of nitrogens with zero attached hydrogens (tertiary/aromatic N) is 1. The quantitative estimate of drug-likeness (QED) is 0.548. The molecule has 3 rings (SSSR count). The molecule has 3 aromatic rings. The Morgan fingerprint density at radius 1 is 1.11 bits per heavy atom. The average Bonchev–Trinajstić information content (AvgIpc) is 3.11. The predicted molar refractivity (Wildman–Crippen MR) is 112 cm³/mol. The van der Waals surface area contributed by atoms with Crippen LogP contribution in [0.5, 0.6) is 5.75 Å². The molecule has 0 atom stereocenters. The second-order valence-corrected chi connectivity index (χ2v) is 7.46. The largest absolute Gasteiger partial charge is 0.493 e. The number of thiazole rings is 1. The molecule has 0 saturated carbocycles. The lowest BCUT2D eigenvalue weighted by Crippen LogP contribution is -2.12. The fourth-order valence-electron chi connectivity index (χ4n) is 2.67. The summed E-state index contributed by atoms with van der Waals surface area (Å²) in [7, 11) is 0. The van der Waals surface area contributed by atoms with Crippen molar-refractivity contribution in [3.8, 4) is 17.0 Å². The van der Waals surface area contributed by atoms with Crippen molar-refractivity contribution in [2.75, 3.05) is 11.9 Å². The molecule has 4 nitrogen and oxygen atoms in total. The summed E-state index contributed by atoms with van der Waals surface area (Å²) in [5.74, 6) is 0.849. The molecule has 1 heterocycles. The first-order valence-corrected chi connectivity index (χ1v) is 9.92. The van der Waals surface area contributed by atoms with Crippen LogP contribution in [0.1, 0.15) is 29.5 Å². The van der Waals surface area contributed by atoms with Crippen LogP contribution in [0.4, 0.5) is 5.13 Å². The Morgan fingerprint density at radius 3 is 2.67 bits per heavy atom. The SMILES string of the molecule is Cc1ccc(-c2csc(NC(=O)CCCOc3cccc(C)c3C)n2)cc1. The minimum atomic E-state index is -0.0376. The van der Waals surface area contributed by atoms with E-state index in [1.54, 1.807) is 0 Å². The Balaban J connectivity index is 1.46. The van der Waals surface area contributed by atoms with E-state index >= 15 is 0 Å². The Morgan fingerprint density at radius 2 is 1.89 bits per heavy atom. The smallest absolute Gasteiger partial charge is 0.226 e. The summed E-state index contributed by atoms with van der Waals surface area (Å²) in [6.45, 7) is 6.69. The Labute approximate surface area is 164 Å². The molecule has 0 spiro atoms. The van der Waals surface area contributed by atoms with Crippen molar-refractivity contribution in [1.82, 2.24) is 4.98 Å². The number of rotatable bonds is 7. The molecule has 0 aliphatic carbocycles. The molecule has 0 fully saturated rings. The van der Waals surface area contributed by atoms with Crippen molar-refractivity contribution in [2.24, 2.45) is 0 Å². The number of benzene rings is 2. The van der Waals surface area contributed by atoms with Crippen molar-refractivity contribution in [3.05, 3.63) is 64.5 Å². The summed E-state index contributed by atoms with van der Waals surface area (Å²) >= 11 is 1.44. The lowest BCUT2D eigenvalue weighted by atomic mass is 10.1. The van der Waals surface area contributed by atoms with Crippen LogP contribution in [0, 0.1) is 20.8 Å². The van der Waals surface area contributed by atoms with Gasteiger partial charge in [-0.3, -0.25) is 4.79 Å². The standard InChI is InChI=1S/C22H24N2O2S/c1-15-9-11-18(12-10-15)19-14-27-22(23-19)24-21(25)8-5-13-26-20-7-4-6-16(2)17(20)3/h4,6-7,9-12,14H,5,8,13H2,1-3H3,(H,23,24,25). The molecule has 27 heavy (non-hydrogen) atoms. The molecule has 1 N–H and O–H groups in total. The van der Waals surface area contributed by atoms with Crippen molar-refractivity contribution < 1.29 is 9.53 Å². The molecule has 0 aliphatic rings. The van der Waals surface area contributed by atoms with Gasteiger partial charge < -0.3 is 10.1 Å². The van der Waals surface area contributed by atoms with Gasteiger partial charge in [0.2, 0.25) is 5.91 Å². The Kier molecular flexibility index (Phi) is 6.24. The van der Waals surface area contributed by atoms with Crippen molar-refractivity contribution >= 4 is 22.4 Å². The van der Waals surface area contributed by atoms with Crippen LogP contribution in [0.3, 0.4) is 0 Å². The normalized spacial score (nSPS) is 10.6. The van der Waals surface area contributed by atoms with E-state index < -0.39 is 0 Å². The summed E-state index contributed by atoms with van der Waals surface area (Å²) in [6, 6.07) is 14.2. The molecule has 0 saturated heterocycles. The van der Waals surface area contributed by atoms with Crippen LogP contribution in [-0.4, -0.2) is 17.5 Å². The molecule has 140 valence electrons. The van der Waals surface area contributed by atoms with Gasteiger partial charge in [0.05, 0.1) is 12.3 Å². The molecule has 0 unspecified atom stereocenters. The van der Waals surface area contributed by atoms with Gasteiger partial charge in [0.1, 0.15) is 5.75 Å². The second-order valence-electron chi connectivity index (χ2n) is 6.60. The maximum Gasteiger partial charge on any atom is 0.226 e. The van der Waals surface area contributed by atoms with Crippen molar-refractivity contribution in [3.63, 3.8) is 0 Å². The summed E-state index contributed by atoms with van der Waals surface area (Å²) in [5.41, 5.74) is 5.50. The van der Waals surface area contributed by atoms with Gasteiger partial charge in [-0.05, 0) is 44.4 Å². The first-order chi connectivity index (χ1) is 13.0. The van der Waals surface area contributed by atoms with Gasteiger partial charge in [-0.1, -0.05) is 42.0 Å². The molecule has 0 aliphatic heterocycles. The fraction of sp³-hybridized carbons (Fsp3) is 0.273. The summed E-state index contributed by atoms with van der Waals surface area (Å²) in [6.07, 6.45) is 1.07. The van der Waals surface area contributed by atoms with E-state index in [1.165, 1.54) is 22.5 Å². The van der Waals surface area contributed by atoms with Gasteiger partial charge >= 0.3 is 0 Å². The van der Waals surface area contributed by atoms with Crippen LogP contribution in [0.25, 0.3) is 11.3 Å². The number of ether oxygens (including phenoxy) is 1. The zero-order valence-corrected chi connectivity index (χ0v) is 16.7. The second kappa shape index (κ2) is 8.82. The number of amides is 1.